The van der Waals surface area contributed by atoms with E-state index < -0.39 is 23.6 Å². The van der Waals surface area contributed by atoms with E-state index in [1.165, 1.54) is 5.38 Å². The van der Waals surface area contributed by atoms with Crippen molar-refractivity contribution in [2.75, 3.05) is 11.9 Å². The zero-order chi connectivity index (χ0) is 18.9. The van der Waals surface area contributed by atoms with Crippen LogP contribution in [0.25, 0.3) is 0 Å². The Kier molecular flexibility index (Phi) is 5.04. The number of halogens is 3. The van der Waals surface area contributed by atoms with Gasteiger partial charge in [0, 0.05) is 23.0 Å². The molecule has 1 atom stereocenters. The first-order valence-electron chi connectivity index (χ1n) is 8.16. The van der Waals surface area contributed by atoms with Gasteiger partial charge < -0.3 is 10.6 Å². The first-order chi connectivity index (χ1) is 12.3. The summed E-state index contributed by atoms with van der Waals surface area (Å²) < 4.78 is 38.6. The fourth-order valence-corrected chi connectivity index (χ4v) is 3.83. The number of anilines is 1. The molecule has 138 valence electrons. The van der Waals surface area contributed by atoms with Crippen LogP contribution in [-0.4, -0.2) is 18.4 Å². The van der Waals surface area contributed by atoms with Gasteiger partial charge in [0.2, 0.25) is 5.91 Å². The smallest absolute Gasteiger partial charge is 0.352 e. The molecule has 2 aromatic rings. The molecule has 2 N–H and O–H groups in total. The maximum Gasteiger partial charge on any atom is 0.417 e. The third-order valence-electron chi connectivity index (χ3n) is 4.40. The fourth-order valence-electron chi connectivity index (χ4n) is 3.00. The Hall–Kier alpha value is -2.35. The van der Waals surface area contributed by atoms with Crippen LogP contribution in [0.5, 0.6) is 0 Å². The topological polar surface area (TPSA) is 58.2 Å². The molecular weight excluding hydrogens is 365 g/mol. The van der Waals surface area contributed by atoms with Crippen molar-refractivity contribution >= 4 is 28.8 Å². The van der Waals surface area contributed by atoms with Crippen molar-refractivity contribution in [3.05, 3.63) is 51.2 Å². The van der Waals surface area contributed by atoms with Crippen LogP contribution in [0, 0.1) is 0 Å². The Morgan fingerprint density at radius 2 is 2.08 bits per heavy atom. The van der Waals surface area contributed by atoms with Crippen molar-refractivity contribution in [2.24, 2.45) is 0 Å². The fraction of sp³-hybridized carbons (Fsp3) is 0.333. The lowest BCUT2D eigenvalue weighted by Crippen LogP contribution is -2.28. The van der Waals surface area contributed by atoms with Gasteiger partial charge in [-0.2, -0.15) is 24.5 Å². The third-order valence-corrected chi connectivity index (χ3v) is 5.15. The number of thiophene rings is 1. The van der Waals surface area contributed by atoms with E-state index in [1.807, 2.05) is 25.1 Å². The second-order valence-corrected chi connectivity index (χ2v) is 6.80. The zero-order valence-electron chi connectivity index (χ0n) is 13.9. The summed E-state index contributed by atoms with van der Waals surface area (Å²) in [6.07, 6.45) is -3.40. The molecule has 26 heavy (non-hydrogen) atoms. The molecule has 0 fully saturated rings. The van der Waals surface area contributed by atoms with E-state index in [1.54, 1.807) is 0 Å². The van der Waals surface area contributed by atoms with Crippen LogP contribution in [-0.2, 0) is 17.4 Å². The van der Waals surface area contributed by atoms with Crippen molar-refractivity contribution in [3.63, 3.8) is 0 Å². The van der Waals surface area contributed by atoms with Crippen LogP contribution in [0.4, 0.5) is 18.9 Å². The Balaban J connectivity index is 1.65. The molecule has 1 aliphatic heterocycles. The lowest BCUT2D eigenvalue weighted by Gasteiger charge is -2.12. The number of carbonyl (C=O) groups excluding carboxylic acids is 2. The molecule has 1 unspecified atom stereocenters. The molecule has 0 spiro atoms. The highest BCUT2D eigenvalue weighted by molar-refractivity contribution is 7.08. The molecule has 3 rings (SSSR count). The van der Waals surface area contributed by atoms with Crippen molar-refractivity contribution in [2.45, 2.75) is 31.9 Å². The van der Waals surface area contributed by atoms with Gasteiger partial charge >= 0.3 is 6.18 Å². The maximum absolute atomic E-state index is 12.9. The molecule has 0 aliphatic carbocycles. The van der Waals surface area contributed by atoms with E-state index in [9.17, 15) is 22.8 Å². The van der Waals surface area contributed by atoms with E-state index >= 15 is 0 Å². The standard InChI is InChI=1S/C18H17F3N2O2S/c1-2-10-3-4-15-12(7-10)11(17(25)23-15)5-6-22-16(24)13-8-26-9-14(13)18(19,20)21/h3-4,7-9,11H,2,5-6H2,1H3,(H,22,24)(H,23,25). The van der Waals surface area contributed by atoms with Gasteiger partial charge in [-0.25, -0.2) is 0 Å². The molecule has 1 aromatic heterocycles. The molecule has 2 amide bonds. The zero-order valence-corrected chi connectivity index (χ0v) is 14.8. The summed E-state index contributed by atoms with van der Waals surface area (Å²) in [6.45, 7) is 2.13. The molecule has 4 nitrogen and oxygen atoms in total. The first-order valence-corrected chi connectivity index (χ1v) is 9.10. The van der Waals surface area contributed by atoms with Crippen LogP contribution >= 0.6 is 11.3 Å². The summed E-state index contributed by atoms with van der Waals surface area (Å²) in [4.78, 5) is 24.2. The van der Waals surface area contributed by atoms with Gasteiger partial charge in [0.05, 0.1) is 17.0 Å². The van der Waals surface area contributed by atoms with E-state index in [-0.39, 0.29) is 18.0 Å². The highest BCUT2D eigenvalue weighted by atomic mass is 32.1. The van der Waals surface area contributed by atoms with Crippen molar-refractivity contribution in [3.8, 4) is 0 Å². The van der Waals surface area contributed by atoms with E-state index in [4.69, 9.17) is 0 Å². The van der Waals surface area contributed by atoms with Crippen LogP contribution in [0.3, 0.4) is 0 Å². The second kappa shape index (κ2) is 7.11. The first kappa shape index (κ1) is 18.4. The minimum absolute atomic E-state index is 0.111. The van der Waals surface area contributed by atoms with E-state index in [2.05, 4.69) is 10.6 Å². The molecule has 1 aliphatic rings. The normalized spacial score (nSPS) is 16.3. The van der Waals surface area contributed by atoms with Gasteiger partial charge in [-0.1, -0.05) is 19.1 Å². The number of fused-ring (bicyclic) bond motifs is 1. The lowest BCUT2D eigenvalue weighted by atomic mass is 9.95. The Labute approximate surface area is 152 Å². The van der Waals surface area contributed by atoms with E-state index in [0.717, 1.165) is 40.0 Å². The summed E-state index contributed by atoms with van der Waals surface area (Å²) in [7, 11) is 0. The molecule has 0 radical (unpaired) electrons. The minimum Gasteiger partial charge on any atom is -0.352 e. The summed E-state index contributed by atoms with van der Waals surface area (Å²) >= 11 is 0.830. The minimum atomic E-state index is -4.56. The number of benzene rings is 1. The molecule has 8 heteroatoms. The van der Waals surface area contributed by atoms with Gasteiger partial charge in [0.25, 0.3) is 5.91 Å². The second-order valence-electron chi connectivity index (χ2n) is 6.06. The molecular formula is C18H17F3N2O2S. The lowest BCUT2D eigenvalue weighted by molar-refractivity contribution is -0.137. The van der Waals surface area contributed by atoms with Gasteiger partial charge in [-0.15, -0.1) is 0 Å². The van der Waals surface area contributed by atoms with Crippen molar-refractivity contribution in [1.82, 2.24) is 5.32 Å². The van der Waals surface area contributed by atoms with Gasteiger partial charge in [-0.3, -0.25) is 9.59 Å². The number of hydrogen-bond donors (Lipinski definition) is 2. The third kappa shape index (κ3) is 3.60. The maximum atomic E-state index is 12.9. The molecule has 0 bridgehead atoms. The van der Waals surface area contributed by atoms with Crippen LogP contribution < -0.4 is 10.6 Å². The number of nitrogens with one attached hydrogen (secondary N) is 2. The largest absolute Gasteiger partial charge is 0.417 e. The van der Waals surface area contributed by atoms with Crippen molar-refractivity contribution < 1.29 is 22.8 Å². The quantitative estimate of drug-likeness (QED) is 0.815. The Bertz CT molecular complexity index is 845. The van der Waals surface area contributed by atoms with Crippen LogP contribution in [0.15, 0.2) is 29.0 Å². The molecule has 0 saturated heterocycles. The SMILES string of the molecule is CCc1ccc2c(c1)C(CCNC(=O)c1cscc1C(F)(F)F)C(=O)N2. The number of amides is 2. The molecule has 0 saturated carbocycles. The van der Waals surface area contributed by atoms with Gasteiger partial charge in [0.15, 0.2) is 0 Å². The van der Waals surface area contributed by atoms with Gasteiger partial charge in [0.1, 0.15) is 0 Å². The number of carbonyl (C=O) groups is 2. The summed E-state index contributed by atoms with van der Waals surface area (Å²) in [5, 5.41) is 7.39. The van der Waals surface area contributed by atoms with Crippen LogP contribution in [0.1, 0.15) is 46.3 Å². The Morgan fingerprint density at radius 3 is 2.77 bits per heavy atom. The summed E-state index contributed by atoms with van der Waals surface area (Å²) in [5.74, 6) is -1.35. The van der Waals surface area contributed by atoms with Crippen molar-refractivity contribution in [1.29, 1.82) is 0 Å². The highest BCUT2D eigenvalue weighted by Gasteiger charge is 2.36. The highest BCUT2D eigenvalue weighted by Crippen LogP contribution is 2.36. The van der Waals surface area contributed by atoms with Crippen LogP contribution in [0.2, 0.25) is 0 Å². The average Bonchev–Trinajstić information content (AvgIpc) is 3.19. The summed E-state index contributed by atoms with van der Waals surface area (Å²) in [5.41, 5.74) is 1.40. The predicted molar refractivity (Wildman–Crippen MR) is 93.5 cm³/mol. The molecule has 2 heterocycles. The monoisotopic (exact) mass is 382 g/mol. The Morgan fingerprint density at radius 1 is 1.31 bits per heavy atom. The average molecular weight is 382 g/mol. The summed E-state index contributed by atoms with van der Waals surface area (Å²) in [6, 6.07) is 5.75. The number of alkyl halides is 3. The number of hydrogen-bond acceptors (Lipinski definition) is 3. The molecule has 1 aromatic carbocycles. The van der Waals surface area contributed by atoms with E-state index in [0.29, 0.717) is 6.42 Å². The number of aryl methyl sites for hydroxylation is 1. The number of rotatable bonds is 5. The predicted octanol–water partition coefficient (Wildman–Crippen LogP) is 4.19. The van der Waals surface area contributed by atoms with Gasteiger partial charge in [-0.05, 0) is 30.0 Å².